The van der Waals surface area contributed by atoms with Crippen molar-refractivity contribution >= 4 is 11.3 Å². The van der Waals surface area contributed by atoms with Crippen molar-refractivity contribution in [2.24, 2.45) is 0 Å². The van der Waals surface area contributed by atoms with E-state index in [-0.39, 0.29) is 0 Å². The molecule has 0 saturated heterocycles. The second kappa shape index (κ2) is 5.64. The van der Waals surface area contributed by atoms with Crippen molar-refractivity contribution in [1.82, 2.24) is 5.32 Å². The standard InChI is InChI=1S/C12H19NOS/c1-2-14-11-8-10(9-11)13-6-5-12-4-3-7-15-12/h3-4,7,10-11,13H,2,5-6,8-9H2,1H3. The minimum absolute atomic E-state index is 0.522. The molecule has 1 fully saturated rings. The third-order valence-electron chi connectivity index (χ3n) is 2.88. The van der Waals surface area contributed by atoms with Crippen molar-refractivity contribution in [3.05, 3.63) is 22.4 Å². The zero-order valence-electron chi connectivity index (χ0n) is 9.24. The van der Waals surface area contributed by atoms with Crippen molar-refractivity contribution in [3.8, 4) is 0 Å². The van der Waals surface area contributed by atoms with E-state index in [0.29, 0.717) is 12.1 Å². The molecule has 2 rings (SSSR count). The van der Waals surface area contributed by atoms with Crippen LogP contribution < -0.4 is 5.32 Å². The fraction of sp³-hybridized carbons (Fsp3) is 0.667. The molecule has 1 aromatic rings. The number of thiophene rings is 1. The highest BCUT2D eigenvalue weighted by molar-refractivity contribution is 7.09. The second-order valence-electron chi connectivity index (χ2n) is 4.03. The summed E-state index contributed by atoms with van der Waals surface area (Å²) in [5.74, 6) is 0. The van der Waals surface area contributed by atoms with Gasteiger partial charge in [0.25, 0.3) is 0 Å². The molecule has 1 N–H and O–H groups in total. The van der Waals surface area contributed by atoms with E-state index in [1.54, 1.807) is 0 Å². The fourth-order valence-corrected chi connectivity index (χ4v) is 2.67. The molecular weight excluding hydrogens is 206 g/mol. The maximum Gasteiger partial charge on any atom is 0.0604 e. The number of ether oxygens (including phenoxy) is 1. The van der Waals surface area contributed by atoms with Gasteiger partial charge in [0, 0.05) is 24.1 Å². The van der Waals surface area contributed by atoms with E-state index in [9.17, 15) is 0 Å². The monoisotopic (exact) mass is 225 g/mol. The summed E-state index contributed by atoms with van der Waals surface area (Å²) in [5.41, 5.74) is 0. The molecule has 1 aromatic heterocycles. The topological polar surface area (TPSA) is 21.3 Å². The lowest BCUT2D eigenvalue weighted by Crippen LogP contribution is -2.46. The lowest BCUT2D eigenvalue weighted by molar-refractivity contribution is -0.00959. The normalized spacial score (nSPS) is 25.1. The number of rotatable bonds is 6. The minimum Gasteiger partial charge on any atom is -0.378 e. The van der Waals surface area contributed by atoms with Crippen molar-refractivity contribution in [2.45, 2.75) is 38.3 Å². The van der Waals surface area contributed by atoms with Gasteiger partial charge >= 0.3 is 0 Å². The molecule has 1 saturated carbocycles. The zero-order valence-corrected chi connectivity index (χ0v) is 10.1. The van der Waals surface area contributed by atoms with E-state index >= 15 is 0 Å². The van der Waals surface area contributed by atoms with Gasteiger partial charge in [-0.15, -0.1) is 11.3 Å². The summed E-state index contributed by atoms with van der Waals surface area (Å²) in [6.07, 6.45) is 4.07. The highest BCUT2D eigenvalue weighted by Gasteiger charge is 2.28. The van der Waals surface area contributed by atoms with Gasteiger partial charge in [-0.25, -0.2) is 0 Å². The van der Waals surface area contributed by atoms with Crippen LogP contribution in [0.25, 0.3) is 0 Å². The number of nitrogens with one attached hydrogen (secondary N) is 1. The molecule has 84 valence electrons. The van der Waals surface area contributed by atoms with Gasteiger partial charge in [0.05, 0.1) is 6.10 Å². The van der Waals surface area contributed by atoms with Crippen LogP contribution in [-0.2, 0) is 11.2 Å². The molecule has 0 amide bonds. The van der Waals surface area contributed by atoms with Crippen LogP contribution in [0, 0.1) is 0 Å². The Morgan fingerprint density at radius 2 is 2.40 bits per heavy atom. The molecule has 1 aliphatic carbocycles. The van der Waals surface area contributed by atoms with E-state index in [0.717, 1.165) is 19.6 Å². The molecule has 0 radical (unpaired) electrons. The summed E-state index contributed by atoms with van der Waals surface area (Å²) in [5, 5.41) is 5.72. The Balaban J connectivity index is 1.53. The summed E-state index contributed by atoms with van der Waals surface area (Å²) in [4.78, 5) is 1.48. The quantitative estimate of drug-likeness (QED) is 0.803. The first-order chi connectivity index (χ1) is 7.38. The van der Waals surface area contributed by atoms with Gasteiger partial charge in [0.1, 0.15) is 0 Å². The van der Waals surface area contributed by atoms with Crippen molar-refractivity contribution in [2.75, 3.05) is 13.2 Å². The lowest BCUT2D eigenvalue weighted by atomic mass is 9.89. The van der Waals surface area contributed by atoms with Gasteiger partial charge in [-0.2, -0.15) is 0 Å². The van der Waals surface area contributed by atoms with Crippen molar-refractivity contribution < 1.29 is 4.74 Å². The summed E-state index contributed by atoms with van der Waals surface area (Å²) in [6.45, 7) is 4.02. The van der Waals surface area contributed by atoms with E-state index in [2.05, 4.69) is 29.8 Å². The van der Waals surface area contributed by atoms with Gasteiger partial charge in [-0.05, 0) is 37.6 Å². The first kappa shape index (κ1) is 11.1. The smallest absolute Gasteiger partial charge is 0.0604 e. The Morgan fingerprint density at radius 3 is 3.07 bits per heavy atom. The van der Waals surface area contributed by atoms with Crippen LogP contribution in [0.1, 0.15) is 24.6 Å². The van der Waals surface area contributed by atoms with Crippen molar-refractivity contribution in [1.29, 1.82) is 0 Å². The Morgan fingerprint density at radius 1 is 1.53 bits per heavy atom. The summed E-state index contributed by atoms with van der Waals surface area (Å²) < 4.78 is 5.52. The predicted octanol–water partition coefficient (Wildman–Crippen LogP) is 2.45. The second-order valence-corrected chi connectivity index (χ2v) is 5.06. The highest BCUT2D eigenvalue weighted by atomic mass is 32.1. The maximum absolute atomic E-state index is 5.52. The molecule has 0 bridgehead atoms. The molecular formula is C12H19NOS. The third-order valence-corrected chi connectivity index (χ3v) is 3.82. The minimum atomic E-state index is 0.522. The third kappa shape index (κ3) is 3.30. The van der Waals surface area contributed by atoms with E-state index in [1.165, 1.54) is 17.7 Å². The van der Waals surface area contributed by atoms with Gasteiger partial charge in [0.15, 0.2) is 0 Å². The SMILES string of the molecule is CCOC1CC(NCCc2cccs2)C1. The largest absolute Gasteiger partial charge is 0.378 e. The number of hydrogen-bond donors (Lipinski definition) is 1. The first-order valence-corrected chi connectivity index (χ1v) is 6.64. The lowest BCUT2D eigenvalue weighted by Gasteiger charge is -2.35. The maximum atomic E-state index is 5.52. The molecule has 0 aliphatic heterocycles. The zero-order chi connectivity index (χ0) is 10.5. The molecule has 1 heterocycles. The summed E-state index contributed by atoms with van der Waals surface area (Å²) in [6, 6.07) is 5.02. The molecule has 0 spiro atoms. The van der Waals surface area contributed by atoms with Gasteiger partial charge in [-0.3, -0.25) is 0 Å². The van der Waals surface area contributed by atoms with Crippen LogP contribution in [0.4, 0.5) is 0 Å². The molecule has 0 unspecified atom stereocenters. The molecule has 15 heavy (non-hydrogen) atoms. The first-order valence-electron chi connectivity index (χ1n) is 5.76. The van der Waals surface area contributed by atoms with Gasteiger partial charge in [-0.1, -0.05) is 6.07 Å². The van der Waals surface area contributed by atoms with Crippen LogP contribution >= 0.6 is 11.3 Å². The van der Waals surface area contributed by atoms with Gasteiger partial charge in [0.2, 0.25) is 0 Å². The Hall–Kier alpha value is -0.380. The molecule has 3 heteroatoms. The van der Waals surface area contributed by atoms with Crippen LogP contribution in [0.5, 0.6) is 0 Å². The fourth-order valence-electron chi connectivity index (χ4n) is 1.96. The Labute approximate surface area is 95.6 Å². The molecule has 1 aliphatic rings. The van der Waals surface area contributed by atoms with Crippen LogP contribution in [-0.4, -0.2) is 25.3 Å². The van der Waals surface area contributed by atoms with Crippen molar-refractivity contribution in [3.63, 3.8) is 0 Å². The highest BCUT2D eigenvalue weighted by Crippen LogP contribution is 2.23. The van der Waals surface area contributed by atoms with Crippen LogP contribution in [0.3, 0.4) is 0 Å². The average molecular weight is 225 g/mol. The summed E-state index contributed by atoms with van der Waals surface area (Å²) in [7, 11) is 0. The Bertz CT molecular complexity index is 267. The van der Waals surface area contributed by atoms with Crippen LogP contribution in [0.15, 0.2) is 17.5 Å². The van der Waals surface area contributed by atoms with E-state index in [1.807, 2.05) is 11.3 Å². The molecule has 2 nitrogen and oxygen atoms in total. The molecule has 0 atom stereocenters. The van der Waals surface area contributed by atoms with E-state index in [4.69, 9.17) is 4.74 Å². The predicted molar refractivity (Wildman–Crippen MR) is 64.5 cm³/mol. The number of hydrogen-bond acceptors (Lipinski definition) is 3. The average Bonchev–Trinajstić information content (AvgIpc) is 2.66. The summed E-state index contributed by atoms with van der Waals surface area (Å²) >= 11 is 1.84. The Kier molecular flexibility index (Phi) is 4.18. The van der Waals surface area contributed by atoms with E-state index < -0.39 is 0 Å². The van der Waals surface area contributed by atoms with Gasteiger partial charge < -0.3 is 10.1 Å². The van der Waals surface area contributed by atoms with Crippen LogP contribution in [0.2, 0.25) is 0 Å². The molecule has 0 aromatic carbocycles.